The van der Waals surface area contributed by atoms with E-state index >= 15 is 0 Å². The molecular formula is C14H17F3N2O4. The molecule has 0 aliphatic carbocycles. The molecule has 0 heterocycles. The Morgan fingerprint density at radius 3 is 2.48 bits per heavy atom. The van der Waals surface area contributed by atoms with Crippen LogP contribution in [-0.2, 0) is 20.5 Å². The van der Waals surface area contributed by atoms with Crippen LogP contribution in [0.25, 0.3) is 0 Å². The van der Waals surface area contributed by atoms with Crippen molar-refractivity contribution in [1.82, 2.24) is 5.32 Å². The predicted molar refractivity (Wildman–Crippen MR) is 75.6 cm³/mol. The second kappa shape index (κ2) is 7.42. The maximum Gasteiger partial charge on any atom is 0.416 e. The first-order valence-electron chi connectivity index (χ1n) is 6.53. The third kappa shape index (κ3) is 6.25. The minimum Gasteiger partial charge on any atom is -0.386 e. The number of methoxy groups -OCH3 is 1. The minimum atomic E-state index is -4.55. The lowest BCUT2D eigenvalue weighted by atomic mass is 10.1. The number of hydrogen-bond donors (Lipinski definition) is 3. The maximum absolute atomic E-state index is 12.6. The number of amides is 2. The van der Waals surface area contributed by atoms with Gasteiger partial charge in [-0.3, -0.25) is 9.59 Å². The number of nitrogens with one attached hydrogen (secondary N) is 2. The van der Waals surface area contributed by atoms with Crippen molar-refractivity contribution in [2.45, 2.75) is 18.7 Å². The third-order valence-electron chi connectivity index (χ3n) is 2.74. The molecule has 0 fully saturated rings. The molecular weight excluding hydrogens is 317 g/mol. The lowest BCUT2D eigenvalue weighted by Crippen LogP contribution is -2.46. The third-order valence-corrected chi connectivity index (χ3v) is 2.74. The van der Waals surface area contributed by atoms with Gasteiger partial charge in [0.15, 0.2) is 0 Å². The standard InChI is InChI=1S/C14H17F3N2O4/c1-13(22,8-23-2)7-18-11(20)12(21)19-10-5-3-4-9(6-10)14(15,16)17/h3-6,22H,7-8H2,1-2H3,(H,18,20)(H,19,21)/t13-/m0/s1. The first kappa shape index (κ1) is 18.9. The minimum absolute atomic E-state index is 0.0669. The number of anilines is 1. The summed E-state index contributed by atoms with van der Waals surface area (Å²) in [5, 5.41) is 14.0. The van der Waals surface area contributed by atoms with Crippen molar-refractivity contribution in [2.24, 2.45) is 0 Å². The van der Waals surface area contributed by atoms with Gasteiger partial charge in [-0.1, -0.05) is 6.07 Å². The lowest BCUT2D eigenvalue weighted by Gasteiger charge is -2.22. The van der Waals surface area contributed by atoms with Crippen LogP contribution < -0.4 is 10.6 Å². The number of halogens is 3. The van der Waals surface area contributed by atoms with Crippen molar-refractivity contribution in [3.8, 4) is 0 Å². The molecule has 1 rings (SSSR count). The van der Waals surface area contributed by atoms with Crippen molar-refractivity contribution >= 4 is 17.5 Å². The van der Waals surface area contributed by atoms with Gasteiger partial charge in [0.2, 0.25) is 0 Å². The van der Waals surface area contributed by atoms with Crippen LogP contribution in [0.3, 0.4) is 0 Å². The highest BCUT2D eigenvalue weighted by molar-refractivity contribution is 6.39. The van der Waals surface area contributed by atoms with E-state index in [-0.39, 0.29) is 18.8 Å². The highest BCUT2D eigenvalue weighted by atomic mass is 19.4. The number of benzene rings is 1. The van der Waals surface area contributed by atoms with Crippen molar-refractivity contribution in [3.05, 3.63) is 29.8 Å². The highest BCUT2D eigenvalue weighted by Crippen LogP contribution is 2.30. The van der Waals surface area contributed by atoms with Crippen LogP contribution in [0.4, 0.5) is 18.9 Å². The molecule has 0 aromatic heterocycles. The number of rotatable bonds is 5. The molecule has 6 nitrogen and oxygen atoms in total. The molecule has 23 heavy (non-hydrogen) atoms. The van der Waals surface area contributed by atoms with Gasteiger partial charge in [-0.05, 0) is 25.1 Å². The Morgan fingerprint density at radius 1 is 1.26 bits per heavy atom. The molecule has 9 heteroatoms. The molecule has 3 N–H and O–H groups in total. The Kier molecular flexibility index (Phi) is 6.11. The number of alkyl halides is 3. The Morgan fingerprint density at radius 2 is 1.91 bits per heavy atom. The van der Waals surface area contributed by atoms with Crippen LogP contribution >= 0.6 is 0 Å². The Hall–Kier alpha value is -2.13. The Balaban J connectivity index is 2.64. The molecule has 1 aromatic carbocycles. The summed E-state index contributed by atoms with van der Waals surface area (Å²) < 4.78 is 42.4. The van der Waals surface area contributed by atoms with E-state index in [0.717, 1.165) is 12.1 Å². The lowest BCUT2D eigenvalue weighted by molar-refractivity contribution is -0.137. The summed E-state index contributed by atoms with van der Waals surface area (Å²) in [6.07, 6.45) is -4.55. The largest absolute Gasteiger partial charge is 0.416 e. The van der Waals surface area contributed by atoms with E-state index in [1.165, 1.54) is 20.1 Å². The summed E-state index contributed by atoms with van der Waals surface area (Å²) >= 11 is 0. The average Bonchev–Trinajstić information content (AvgIpc) is 2.44. The van der Waals surface area contributed by atoms with Crippen molar-refractivity contribution < 1.29 is 32.6 Å². The van der Waals surface area contributed by atoms with Crippen LogP contribution in [0.1, 0.15) is 12.5 Å². The SMILES string of the molecule is COC[C@@](C)(O)CNC(=O)C(=O)Nc1cccc(C(F)(F)F)c1. The molecule has 0 aliphatic rings. The quantitative estimate of drug-likeness (QED) is 0.705. The smallest absolute Gasteiger partial charge is 0.386 e. The molecule has 0 saturated carbocycles. The summed E-state index contributed by atoms with van der Waals surface area (Å²) in [5.41, 5.74) is -2.48. The van der Waals surface area contributed by atoms with Crippen molar-refractivity contribution in [2.75, 3.05) is 25.6 Å². The van der Waals surface area contributed by atoms with Gasteiger partial charge in [-0.2, -0.15) is 13.2 Å². The van der Waals surface area contributed by atoms with E-state index in [1.54, 1.807) is 0 Å². The number of hydrogen-bond acceptors (Lipinski definition) is 4. The van der Waals surface area contributed by atoms with Crippen LogP contribution in [0, 0.1) is 0 Å². The molecule has 0 spiro atoms. The van der Waals surface area contributed by atoms with Crippen molar-refractivity contribution in [1.29, 1.82) is 0 Å². The van der Waals surface area contributed by atoms with E-state index < -0.39 is 29.2 Å². The second-order valence-electron chi connectivity index (χ2n) is 5.15. The molecule has 0 saturated heterocycles. The molecule has 1 atom stereocenters. The first-order valence-corrected chi connectivity index (χ1v) is 6.53. The summed E-state index contributed by atoms with van der Waals surface area (Å²) in [4.78, 5) is 23.2. The fourth-order valence-corrected chi connectivity index (χ4v) is 1.67. The molecule has 2 amide bonds. The Labute approximate surface area is 130 Å². The highest BCUT2D eigenvalue weighted by Gasteiger charge is 2.30. The van der Waals surface area contributed by atoms with Gasteiger partial charge in [0.1, 0.15) is 5.60 Å². The molecule has 0 aliphatic heterocycles. The fourth-order valence-electron chi connectivity index (χ4n) is 1.67. The van der Waals surface area contributed by atoms with Crippen LogP contribution in [0.15, 0.2) is 24.3 Å². The predicted octanol–water partition coefficient (Wildman–Crippen LogP) is 1.16. The van der Waals surface area contributed by atoms with Gasteiger partial charge < -0.3 is 20.5 Å². The topological polar surface area (TPSA) is 87.7 Å². The fraction of sp³-hybridized carbons (Fsp3) is 0.429. The summed E-state index contributed by atoms with van der Waals surface area (Å²) in [7, 11) is 1.36. The molecule has 0 bridgehead atoms. The van der Waals surface area contributed by atoms with Gasteiger partial charge in [0, 0.05) is 19.3 Å². The van der Waals surface area contributed by atoms with Gasteiger partial charge in [-0.25, -0.2) is 0 Å². The zero-order valence-electron chi connectivity index (χ0n) is 12.5. The van der Waals surface area contributed by atoms with E-state index in [4.69, 9.17) is 4.74 Å². The first-order chi connectivity index (χ1) is 10.5. The van der Waals surface area contributed by atoms with Crippen molar-refractivity contribution in [3.63, 3.8) is 0 Å². The molecule has 128 valence electrons. The van der Waals surface area contributed by atoms with Gasteiger partial charge >= 0.3 is 18.0 Å². The number of carbonyl (C=O) groups excluding carboxylic acids is 2. The van der Waals surface area contributed by atoms with Crippen LogP contribution in [0.5, 0.6) is 0 Å². The second-order valence-corrected chi connectivity index (χ2v) is 5.15. The van der Waals surface area contributed by atoms with E-state index in [1.807, 2.05) is 0 Å². The van der Waals surface area contributed by atoms with Crippen LogP contribution in [0.2, 0.25) is 0 Å². The summed E-state index contributed by atoms with van der Waals surface area (Å²) in [6.45, 7) is 1.07. The average molecular weight is 334 g/mol. The maximum atomic E-state index is 12.6. The van der Waals surface area contributed by atoms with Gasteiger partial charge in [0.05, 0.1) is 12.2 Å². The van der Waals surface area contributed by atoms with E-state index in [9.17, 15) is 27.9 Å². The molecule has 1 aromatic rings. The zero-order chi connectivity index (χ0) is 17.7. The Bertz CT molecular complexity index is 573. The number of ether oxygens (including phenoxy) is 1. The van der Waals surface area contributed by atoms with Gasteiger partial charge in [-0.15, -0.1) is 0 Å². The molecule has 0 radical (unpaired) electrons. The summed E-state index contributed by atoms with van der Waals surface area (Å²) in [6, 6.07) is 3.89. The number of carbonyl (C=O) groups is 2. The van der Waals surface area contributed by atoms with Crippen LogP contribution in [-0.4, -0.2) is 42.8 Å². The normalized spacial score (nSPS) is 14.0. The monoisotopic (exact) mass is 334 g/mol. The zero-order valence-corrected chi connectivity index (χ0v) is 12.5. The summed E-state index contributed by atoms with van der Waals surface area (Å²) in [5.74, 6) is -2.23. The van der Waals surface area contributed by atoms with Gasteiger partial charge in [0.25, 0.3) is 0 Å². The molecule has 0 unspecified atom stereocenters. The van der Waals surface area contributed by atoms with E-state index in [0.29, 0.717) is 6.07 Å². The number of aliphatic hydroxyl groups is 1. The van der Waals surface area contributed by atoms with E-state index in [2.05, 4.69) is 10.6 Å².